The highest BCUT2D eigenvalue weighted by Crippen LogP contribution is 2.07. The summed E-state index contributed by atoms with van der Waals surface area (Å²) < 4.78 is 5.07. The summed E-state index contributed by atoms with van der Waals surface area (Å²) in [6.07, 6.45) is 0.799. The van der Waals surface area contributed by atoms with Gasteiger partial charge in [0.25, 0.3) is 0 Å². The van der Waals surface area contributed by atoms with Crippen molar-refractivity contribution in [2.75, 3.05) is 6.54 Å². The summed E-state index contributed by atoms with van der Waals surface area (Å²) in [5.74, 6) is 0.395. The van der Waals surface area contributed by atoms with Gasteiger partial charge in [0, 0.05) is 19.0 Å². The molecule has 0 saturated carbocycles. The topological polar surface area (TPSA) is 67.4 Å². The minimum absolute atomic E-state index is 0.0520. The van der Waals surface area contributed by atoms with Crippen molar-refractivity contribution in [1.29, 1.82) is 0 Å². The second-order valence-electron chi connectivity index (χ2n) is 5.92. The molecule has 0 aliphatic carbocycles. The highest BCUT2D eigenvalue weighted by molar-refractivity contribution is 5.77. The van der Waals surface area contributed by atoms with Gasteiger partial charge in [-0.3, -0.25) is 4.79 Å². The summed E-state index contributed by atoms with van der Waals surface area (Å²) in [5.41, 5.74) is -0.516. The smallest absolute Gasteiger partial charge is 0.407 e. The lowest BCUT2D eigenvalue weighted by atomic mass is 10.0. The van der Waals surface area contributed by atoms with Gasteiger partial charge in [0.15, 0.2) is 0 Å². The first-order chi connectivity index (χ1) is 8.65. The summed E-state index contributed by atoms with van der Waals surface area (Å²) in [6, 6.07) is 0.152. The first kappa shape index (κ1) is 17.7. The molecule has 0 aliphatic heterocycles. The summed E-state index contributed by atoms with van der Waals surface area (Å²) in [5, 5.41) is 5.49. The molecule has 2 atom stereocenters. The van der Waals surface area contributed by atoms with Crippen LogP contribution in [0.1, 0.15) is 54.4 Å². The number of amides is 2. The molecule has 2 amide bonds. The molecule has 5 heteroatoms. The van der Waals surface area contributed by atoms with E-state index in [-0.39, 0.29) is 24.9 Å². The fourth-order valence-electron chi connectivity index (χ4n) is 1.41. The van der Waals surface area contributed by atoms with Gasteiger partial charge in [-0.15, -0.1) is 0 Å². The Morgan fingerprint density at radius 1 is 1.21 bits per heavy atom. The fourth-order valence-corrected chi connectivity index (χ4v) is 1.41. The molecule has 0 aromatic rings. The molecule has 0 radical (unpaired) electrons. The predicted molar refractivity (Wildman–Crippen MR) is 75.9 cm³/mol. The van der Waals surface area contributed by atoms with Crippen LogP contribution in [0.4, 0.5) is 4.79 Å². The second kappa shape index (κ2) is 8.02. The minimum Gasteiger partial charge on any atom is -0.444 e. The van der Waals surface area contributed by atoms with Crippen molar-refractivity contribution < 1.29 is 14.3 Å². The number of alkyl carbamates (subject to hydrolysis) is 1. The fraction of sp³-hybridized carbons (Fsp3) is 0.857. The average molecular weight is 272 g/mol. The van der Waals surface area contributed by atoms with E-state index in [0.717, 1.165) is 6.42 Å². The monoisotopic (exact) mass is 272 g/mol. The quantitative estimate of drug-likeness (QED) is 0.780. The Morgan fingerprint density at radius 2 is 1.79 bits per heavy atom. The van der Waals surface area contributed by atoms with E-state index < -0.39 is 11.7 Å². The molecule has 0 bridgehead atoms. The van der Waals surface area contributed by atoms with Crippen LogP contribution in [-0.4, -0.2) is 30.2 Å². The van der Waals surface area contributed by atoms with Gasteiger partial charge >= 0.3 is 6.09 Å². The van der Waals surface area contributed by atoms with Crippen LogP contribution >= 0.6 is 0 Å². The van der Waals surface area contributed by atoms with Gasteiger partial charge in [0.05, 0.1) is 0 Å². The zero-order chi connectivity index (χ0) is 15.1. The summed E-state index contributed by atoms with van der Waals surface area (Å²) in [6.45, 7) is 11.9. The van der Waals surface area contributed by atoms with Crippen LogP contribution in [0.5, 0.6) is 0 Å². The molecule has 112 valence electrons. The third kappa shape index (κ3) is 9.33. The van der Waals surface area contributed by atoms with Crippen LogP contribution in [0.25, 0.3) is 0 Å². The standard InChI is InChI=1S/C14H28N2O3/c1-7-10(2)11(3)16-12(17)8-9-15-13(18)19-14(4,5)6/h10-11H,7-9H2,1-6H3,(H,15,18)(H,16,17). The lowest BCUT2D eigenvalue weighted by Crippen LogP contribution is -2.39. The third-order valence-electron chi connectivity index (χ3n) is 2.91. The minimum atomic E-state index is -0.516. The number of rotatable bonds is 6. The molecule has 0 fully saturated rings. The van der Waals surface area contributed by atoms with E-state index in [2.05, 4.69) is 24.5 Å². The normalized spacial score (nSPS) is 14.4. The van der Waals surface area contributed by atoms with E-state index in [1.54, 1.807) is 20.8 Å². The van der Waals surface area contributed by atoms with Gasteiger partial charge in [-0.2, -0.15) is 0 Å². The van der Waals surface area contributed by atoms with E-state index in [9.17, 15) is 9.59 Å². The second-order valence-corrected chi connectivity index (χ2v) is 5.92. The number of carbonyl (C=O) groups excluding carboxylic acids is 2. The van der Waals surface area contributed by atoms with Crippen molar-refractivity contribution in [3.8, 4) is 0 Å². The van der Waals surface area contributed by atoms with Crippen LogP contribution in [-0.2, 0) is 9.53 Å². The Hall–Kier alpha value is -1.26. The van der Waals surface area contributed by atoms with Gasteiger partial charge in [-0.1, -0.05) is 20.3 Å². The molecule has 19 heavy (non-hydrogen) atoms. The largest absolute Gasteiger partial charge is 0.444 e. The van der Waals surface area contributed by atoms with Crippen LogP contribution in [0.3, 0.4) is 0 Å². The maximum Gasteiger partial charge on any atom is 0.407 e. The highest BCUT2D eigenvalue weighted by atomic mass is 16.6. The molecule has 5 nitrogen and oxygen atoms in total. The van der Waals surface area contributed by atoms with Gasteiger partial charge in [0.1, 0.15) is 5.60 Å². The molecular formula is C14H28N2O3. The Labute approximate surface area is 116 Å². The number of carbonyl (C=O) groups is 2. The van der Waals surface area contributed by atoms with Crippen LogP contribution in [0.15, 0.2) is 0 Å². The third-order valence-corrected chi connectivity index (χ3v) is 2.91. The zero-order valence-corrected chi connectivity index (χ0v) is 13.0. The molecule has 2 N–H and O–H groups in total. The molecule has 0 aliphatic rings. The molecule has 0 aromatic heterocycles. The van der Waals surface area contributed by atoms with E-state index in [1.165, 1.54) is 0 Å². The van der Waals surface area contributed by atoms with Gasteiger partial charge in [-0.05, 0) is 33.6 Å². The van der Waals surface area contributed by atoms with Crippen LogP contribution < -0.4 is 10.6 Å². The molecular weight excluding hydrogens is 244 g/mol. The van der Waals surface area contributed by atoms with Crippen molar-refractivity contribution >= 4 is 12.0 Å². The first-order valence-electron chi connectivity index (χ1n) is 6.92. The van der Waals surface area contributed by atoms with Crippen LogP contribution in [0.2, 0.25) is 0 Å². The van der Waals surface area contributed by atoms with Gasteiger partial charge < -0.3 is 15.4 Å². The highest BCUT2D eigenvalue weighted by Gasteiger charge is 2.16. The molecule has 0 rings (SSSR count). The maximum absolute atomic E-state index is 11.6. The number of hydrogen-bond donors (Lipinski definition) is 2. The molecule has 0 saturated heterocycles. The molecule has 0 heterocycles. The van der Waals surface area contributed by atoms with E-state index in [4.69, 9.17) is 4.74 Å². The van der Waals surface area contributed by atoms with Crippen LogP contribution in [0, 0.1) is 5.92 Å². The SMILES string of the molecule is CCC(C)C(C)NC(=O)CCNC(=O)OC(C)(C)C. The number of ether oxygens (including phenoxy) is 1. The number of nitrogens with one attached hydrogen (secondary N) is 2. The Bertz CT molecular complexity index is 298. The molecule has 2 unspecified atom stereocenters. The van der Waals surface area contributed by atoms with Crippen molar-refractivity contribution in [2.45, 2.75) is 66.0 Å². The van der Waals surface area contributed by atoms with Crippen molar-refractivity contribution in [3.05, 3.63) is 0 Å². The lowest BCUT2D eigenvalue weighted by Gasteiger charge is -2.21. The van der Waals surface area contributed by atoms with Crippen molar-refractivity contribution in [1.82, 2.24) is 10.6 Å². The van der Waals surface area contributed by atoms with Crippen molar-refractivity contribution in [3.63, 3.8) is 0 Å². The Balaban J connectivity index is 3.83. The summed E-state index contributed by atoms with van der Waals surface area (Å²) in [4.78, 5) is 23.0. The zero-order valence-electron chi connectivity index (χ0n) is 13.0. The number of hydrogen-bond acceptors (Lipinski definition) is 3. The predicted octanol–water partition coefficient (Wildman–Crippen LogP) is 2.45. The Morgan fingerprint density at radius 3 is 2.26 bits per heavy atom. The van der Waals surface area contributed by atoms with Gasteiger partial charge in [-0.25, -0.2) is 4.79 Å². The summed E-state index contributed by atoms with van der Waals surface area (Å²) >= 11 is 0. The summed E-state index contributed by atoms with van der Waals surface area (Å²) in [7, 11) is 0. The van der Waals surface area contributed by atoms with Gasteiger partial charge in [0.2, 0.25) is 5.91 Å². The van der Waals surface area contributed by atoms with E-state index >= 15 is 0 Å². The van der Waals surface area contributed by atoms with E-state index in [1.807, 2.05) is 6.92 Å². The molecule has 0 aromatic carbocycles. The average Bonchev–Trinajstić information content (AvgIpc) is 2.25. The molecule has 0 spiro atoms. The first-order valence-corrected chi connectivity index (χ1v) is 6.92. The van der Waals surface area contributed by atoms with Crippen molar-refractivity contribution in [2.24, 2.45) is 5.92 Å². The lowest BCUT2D eigenvalue weighted by molar-refractivity contribution is -0.121. The Kier molecular flexibility index (Phi) is 7.49. The van der Waals surface area contributed by atoms with E-state index in [0.29, 0.717) is 5.92 Å². The maximum atomic E-state index is 11.6.